The Kier molecular flexibility index (Phi) is 11.2. The molecule has 1 aromatic carbocycles. The molecule has 1 saturated heterocycles. The molecule has 2 saturated carbocycles. The van der Waals surface area contributed by atoms with E-state index in [0.717, 1.165) is 19.3 Å². The van der Waals surface area contributed by atoms with E-state index < -0.39 is 68.6 Å². The normalized spacial score (nSPS) is 29.0. The topological polar surface area (TPSA) is 173 Å². The van der Waals surface area contributed by atoms with Crippen molar-refractivity contribution in [3.05, 3.63) is 47.3 Å². The molecule has 286 valence electrons. The summed E-state index contributed by atoms with van der Waals surface area (Å²) in [6.07, 6.45) is 7.08. The van der Waals surface area contributed by atoms with Crippen molar-refractivity contribution in [1.82, 2.24) is 25.3 Å². The zero-order chi connectivity index (χ0) is 37.3. The highest BCUT2D eigenvalue weighted by atomic mass is 32.2. The number of nitrogens with one attached hydrogen (secondary N) is 3. The fraction of sp³-hybridized carbons (Fsp3) is 0.667. The fourth-order valence-electron chi connectivity index (χ4n) is 7.21. The Morgan fingerprint density at radius 1 is 1.12 bits per heavy atom. The van der Waals surface area contributed by atoms with E-state index in [4.69, 9.17) is 14.3 Å². The lowest BCUT2D eigenvalue weighted by Crippen LogP contribution is -2.56. The number of carbonyl (C=O) groups excluding carboxylic acids is 4. The monoisotopic (exact) mass is 747 g/mol. The Balaban J connectivity index is 1.21. The van der Waals surface area contributed by atoms with Gasteiger partial charge in [0.2, 0.25) is 21.8 Å². The molecule has 0 bridgehead atoms. The van der Waals surface area contributed by atoms with Gasteiger partial charge in [-0.2, -0.15) is 0 Å². The van der Waals surface area contributed by atoms with Crippen LogP contribution >= 0.6 is 0 Å². The van der Waals surface area contributed by atoms with E-state index >= 15 is 0 Å². The van der Waals surface area contributed by atoms with Gasteiger partial charge in [-0.3, -0.25) is 14.4 Å². The van der Waals surface area contributed by atoms with Crippen LogP contribution in [0.4, 0.5) is 14.0 Å². The maximum atomic E-state index is 14.3. The third kappa shape index (κ3) is 9.23. The van der Waals surface area contributed by atoms with Crippen molar-refractivity contribution < 1.29 is 46.3 Å². The van der Waals surface area contributed by atoms with Gasteiger partial charge in [0, 0.05) is 25.4 Å². The smallest absolute Gasteiger partial charge is 0.410 e. The van der Waals surface area contributed by atoms with E-state index in [2.05, 4.69) is 15.5 Å². The quantitative estimate of drug-likeness (QED) is 0.279. The first-order valence-corrected chi connectivity index (χ1v) is 19.8. The Bertz CT molecular complexity index is 1680. The van der Waals surface area contributed by atoms with Crippen LogP contribution in [0.1, 0.15) is 89.7 Å². The van der Waals surface area contributed by atoms with Crippen LogP contribution < -0.4 is 15.5 Å². The van der Waals surface area contributed by atoms with Crippen LogP contribution in [-0.2, 0) is 46.9 Å². The summed E-state index contributed by atoms with van der Waals surface area (Å²) in [4.78, 5) is 65.4. The zero-order valence-electron chi connectivity index (χ0n) is 30.0. The van der Waals surface area contributed by atoms with Crippen LogP contribution in [0.2, 0.25) is 0 Å². The van der Waals surface area contributed by atoms with E-state index in [1.807, 2.05) is 12.2 Å². The minimum atomic E-state index is -3.63. The molecule has 5 aliphatic rings. The molecule has 3 aliphatic heterocycles. The second-order valence-electron chi connectivity index (χ2n) is 15.6. The van der Waals surface area contributed by atoms with E-state index in [-0.39, 0.29) is 44.4 Å². The lowest BCUT2D eigenvalue weighted by Gasteiger charge is -2.30. The van der Waals surface area contributed by atoms with Gasteiger partial charge in [-0.1, -0.05) is 42.0 Å². The summed E-state index contributed by atoms with van der Waals surface area (Å²) in [6.45, 7) is 5.34. The van der Waals surface area contributed by atoms with Crippen LogP contribution in [0.5, 0.6) is 0 Å². The van der Waals surface area contributed by atoms with Gasteiger partial charge in [0.15, 0.2) is 0 Å². The number of ether oxygens (including phenoxy) is 2. The number of fused-ring (bicyclic) bond motifs is 3. The average molecular weight is 748 g/mol. The van der Waals surface area contributed by atoms with Gasteiger partial charge in [-0.15, -0.1) is 0 Å². The number of hydrogen-bond donors (Lipinski definition) is 3. The minimum Gasteiger partial charge on any atom is -0.444 e. The van der Waals surface area contributed by atoms with E-state index in [1.54, 1.807) is 32.9 Å². The molecule has 6 rings (SSSR count). The van der Waals surface area contributed by atoms with Crippen LogP contribution in [0.3, 0.4) is 0 Å². The van der Waals surface area contributed by atoms with Gasteiger partial charge in [0.1, 0.15) is 29.6 Å². The molecular weight excluding hydrogens is 697 g/mol. The lowest BCUT2D eigenvalue weighted by molar-refractivity contribution is -0.141. The summed E-state index contributed by atoms with van der Waals surface area (Å²) in [5.41, 5.74) is -0.476. The predicted molar refractivity (Wildman–Crippen MR) is 186 cm³/mol. The molecule has 2 aliphatic carbocycles. The first kappa shape index (κ1) is 38.0. The van der Waals surface area contributed by atoms with E-state index in [9.17, 15) is 32.0 Å². The van der Waals surface area contributed by atoms with Crippen molar-refractivity contribution in [1.29, 1.82) is 0 Å². The number of halogens is 1. The summed E-state index contributed by atoms with van der Waals surface area (Å²) < 4.78 is 50.6. The number of benzene rings is 1. The summed E-state index contributed by atoms with van der Waals surface area (Å²) in [5.74, 6) is -1.46. The Labute approximate surface area is 304 Å². The van der Waals surface area contributed by atoms with Crippen molar-refractivity contribution in [2.45, 2.75) is 126 Å². The van der Waals surface area contributed by atoms with E-state index in [1.165, 1.54) is 15.9 Å². The first-order valence-electron chi connectivity index (χ1n) is 18.3. The van der Waals surface area contributed by atoms with Crippen LogP contribution in [0, 0.1) is 11.7 Å². The molecule has 1 aromatic rings. The van der Waals surface area contributed by atoms with Crippen molar-refractivity contribution >= 4 is 34.0 Å². The molecule has 0 aromatic heterocycles. The second-order valence-corrected chi connectivity index (χ2v) is 17.6. The maximum absolute atomic E-state index is 14.3. The standard InChI is InChI=1S/C36H50FN5O9S/c1-35(2,3)51-33(45)38-29-13-8-6-4-5-7-11-24-19-36(24,22-49-40-52(47,48)26-14-15-26)39-31(43)30-18-25(21-42(30)32(29)44)50-34(46)41-17-16-27-23(20-41)10-9-12-28(27)37/h7,9-12,24-26,29-30,40H,4-6,8,13-22H2,1-3H3,(H,38,45)(H,39,43)/b11-7-/t24-,25-,29+,30+,36+/m1/s1. The second kappa shape index (κ2) is 15.3. The highest BCUT2D eigenvalue weighted by molar-refractivity contribution is 7.90. The molecule has 3 heterocycles. The SMILES string of the molecule is CC(C)(C)OC(=O)N[C@H]1CCCCC/C=C\[C@@H]2C[C@@]2(CONS(=O)(=O)C2CC2)NC(=O)[C@@H]2C[C@@H](OC(=O)N3CCc4c(F)cccc4C3)CN2C1=O. The van der Waals surface area contributed by atoms with Gasteiger partial charge in [0.25, 0.3) is 0 Å². The van der Waals surface area contributed by atoms with Crippen molar-refractivity contribution in [2.75, 3.05) is 19.7 Å². The summed E-state index contributed by atoms with van der Waals surface area (Å²) in [7, 11) is -3.63. The largest absolute Gasteiger partial charge is 0.444 e. The van der Waals surface area contributed by atoms with E-state index in [0.29, 0.717) is 49.7 Å². The van der Waals surface area contributed by atoms with Crippen LogP contribution in [-0.4, -0.2) is 96.5 Å². The third-order valence-electron chi connectivity index (χ3n) is 10.3. The molecule has 0 radical (unpaired) electrons. The summed E-state index contributed by atoms with van der Waals surface area (Å²) in [6, 6.07) is 2.68. The minimum absolute atomic E-state index is 0.00667. The van der Waals surface area contributed by atoms with Crippen LogP contribution in [0.25, 0.3) is 0 Å². The van der Waals surface area contributed by atoms with Gasteiger partial charge in [-0.05, 0) is 82.9 Å². The van der Waals surface area contributed by atoms with Crippen molar-refractivity contribution in [3.8, 4) is 0 Å². The third-order valence-corrected chi connectivity index (χ3v) is 12.0. The number of alkyl carbamates (subject to hydrolysis) is 1. The highest BCUT2D eigenvalue weighted by Crippen LogP contribution is 2.45. The highest BCUT2D eigenvalue weighted by Gasteiger charge is 2.56. The molecule has 0 spiro atoms. The van der Waals surface area contributed by atoms with Gasteiger partial charge in [0.05, 0.1) is 23.9 Å². The summed E-state index contributed by atoms with van der Waals surface area (Å²) >= 11 is 0. The Hall–Kier alpha value is -3.76. The zero-order valence-corrected chi connectivity index (χ0v) is 30.8. The molecule has 16 heteroatoms. The van der Waals surface area contributed by atoms with Crippen molar-refractivity contribution in [3.63, 3.8) is 0 Å². The molecule has 14 nitrogen and oxygen atoms in total. The molecule has 3 N–H and O–H groups in total. The molecule has 3 fully saturated rings. The average Bonchev–Trinajstić information content (AvgIpc) is 3.99. The Morgan fingerprint density at radius 3 is 2.65 bits per heavy atom. The number of rotatable bonds is 7. The number of sulfonamides is 1. The van der Waals surface area contributed by atoms with Crippen LogP contribution in [0.15, 0.2) is 30.4 Å². The number of carbonyl (C=O) groups is 4. The predicted octanol–water partition coefficient (Wildman–Crippen LogP) is 3.59. The molecule has 5 atom stereocenters. The maximum Gasteiger partial charge on any atom is 0.410 e. The Morgan fingerprint density at radius 2 is 1.90 bits per heavy atom. The molecule has 52 heavy (non-hydrogen) atoms. The lowest BCUT2D eigenvalue weighted by atomic mass is 9.99. The fourth-order valence-corrected chi connectivity index (χ4v) is 8.33. The van der Waals surface area contributed by atoms with Crippen molar-refractivity contribution in [2.24, 2.45) is 5.92 Å². The molecule has 4 amide bonds. The number of nitrogens with zero attached hydrogens (tertiary/aromatic N) is 2. The van der Waals surface area contributed by atoms with Gasteiger partial charge >= 0.3 is 12.2 Å². The number of hydrogen-bond acceptors (Lipinski definition) is 9. The molecule has 0 unspecified atom stereocenters. The van der Waals surface area contributed by atoms with Gasteiger partial charge < -0.3 is 29.9 Å². The number of amides is 4. The summed E-state index contributed by atoms with van der Waals surface area (Å²) in [5, 5.41) is 5.29. The number of allylic oxidation sites excluding steroid dienone is 1. The molecular formula is C36H50FN5O9S. The van der Waals surface area contributed by atoms with Gasteiger partial charge in [-0.25, -0.2) is 22.4 Å². The first-order chi connectivity index (χ1) is 24.6.